The number of likely N-dealkylation sites (tertiary alicyclic amines) is 1. The summed E-state index contributed by atoms with van der Waals surface area (Å²) in [6.45, 7) is 0.557. The normalized spacial score (nSPS) is 24.8. The molecule has 1 rings (SSSR count). The molecule has 1 fully saturated rings. The average Bonchev–Trinajstić information content (AvgIpc) is 2.11. The maximum Gasteiger partial charge on any atom is 0.222 e. The zero-order chi connectivity index (χ0) is 9.84. The van der Waals surface area contributed by atoms with Crippen LogP contribution in [0.3, 0.4) is 0 Å². The third-order valence-electron chi connectivity index (χ3n) is 2.04. The minimum absolute atomic E-state index is 0.00671. The lowest BCUT2D eigenvalue weighted by atomic mass is 10.1. The third kappa shape index (κ3) is 2.59. The molecule has 6 heteroatoms. The number of rotatable bonds is 1. The van der Waals surface area contributed by atoms with E-state index in [4.69, 9.17) is 10.9 Å². The van der Waals surface area contributed by atoms with E-state index in [1.165, 1.54) is 0 Å². The first kappa shape index (κ1) is 9.79. The number of nitrogens with zero attached hydrogens (tertiary/aromatic N) is 2. The van der Waals surface area contributed by atoms with Gasteiger partial charge in [-0.2, -0.15) is 0 Å². The molecular formula is C7H14N4O2. The maximum absolute atomic E-state index is 11.1. The minimum Gasteiger partial charge on any atom is -0.368 e. The molecule has 0 bridgehead atoms. The molecule has 0 radical (unpaired) electrons. The fraction of sp³-hybridized carbons (Fsp3) is 0.714. The van der Waals surface area contributed by atoms with Gasteiger partial charge in [0.25, 0.3) is 0 Å². The molecule has 74 valence electrons. The molecule has 6 nitrogen and oxygen atoms in total. The van der Waals surface area contributed by atoms with E-state index in [0.29, 0.717) is 19.4 Å². The van der Waals surface area contributed by atoms with Gasteiger partial charge < -0.3 is 10.6 Å². The van der Waals surface area contributed by atoms with E-state index < -0.39 is 0 Å². The van der Waals surface area contributed by atoms with Crippen LogP contribution in [-0.4, -0.2) is 41.6 Å². The molecule has 0 aromatic rings. The molecule has 0 saturated carbocycles. The van der Waals surface area contributed by atoms with Gasteiger partial charge in [-0.25, -0.2) is 10.5 Å². The first-order valence-corrected chi connectivity index (χ1v) is 4.11. The van der Waals surface area contributed by atoms with Crippen LogP contribution in [0.5, 0.6) is 0 Å². The van der Waals surface area contributed by atoms with Crippen molar-refractivity contribution in [3.8, 4) is 0 Å². The largest absolute Gasteiger partial charge is 0.368 e. The Kier molecular flexibility index (Phi) is 3.07. The van der Waals surface area contributed by atoms with E-state index in [1.54, 1.807) is 17.4 Å². The lowest BCUT2D eigenvalue weighted by Crippen LogP contribution is -2.41. The molecule has 1 aliphatic rings. The van der Waals surface area contributed by atoms with E-state index in [9.17, 15) is 4.79 Å². The number of nitrogens with two attached hydrogens (primary N) is 1. The van der Waals surface area contributed by atoms with Crippen LogP contribution < -0.4 is 11.2 Å². The molecule has 0 aromatic carbocycles. The predicted octanol–water partition coefficient (Wildman–Crippen LogP) is -1.10. The molecule has 1 unspecified atom stereocenters. The number of aliphatic imine (C=N–C) groups is 1. The summed E-state index contributed by atoms with van der Waals surface area (Å²) >= 11 is 0. The average molecular weight is 186 g/mol. The van der Waals surface area contributed by atoms with Crippen molar-refractivity contribution in [2.75, 3.05) is 13.6 Å². The lowest BCUT2D eigenvalue weighted by molar-refractivity contribution is -0.132. The highest BCUT2D eigenvalue weighted by Gasteiger charge is 2.22. The Morgan fingerprint density at radius 1 is 1.85 bits per heavy atom. The fourth-order valence-electron chi connectivity index (χ4n) is 1.32. The quantitative estimate of drug-likeness (QED) is 0.275. The van der Waals surface area contributed by atoms with Crippen molar-refractivity contribution >= 4 is 11.9 Å². The van der Waals surface area contributed by atoms with Crippen molar-refractivity contribution in [3.63, 3.8) is 0 Å². The van der Waals surface area contributed by atoms with Crippen LogP contribution in [0.4, 0.5) is 0 Å². The summed E-state index contributed by atoms with van der Waals surface area (Å²) in [5.74, 6) is 0.120. The van der Waals surface area contributed by atoms with Crippen molar-refractivity contribution in [2.45, 2.75) is 18.9 Å². The Hall–Kier alpha value is -1.30. The van der Waals surface area contributed by atoms with Crippen LogP contribution in [0.15, 0.2) is 4.99 Å². The van der Waals surface area contributed by atoms with Gasteiger partial charge in [0.05, 0.1) is 6.04 Å². The number of amides is 1. The van der Waals surface area contributed by atoms with Crippen molar-refractivity contribution < 1.29 is 10.0 Å². The zero-order valence-electron chi connectivity index (χ0n) is 7.53. The predicted molar refractivity (Wildman–Crippen MR) is 47.2 cm³/mol. The van der Waals surface area contributed by atoms with E-state index in [2.05, 4.69) is 4.99 Å². The number of hydroxylamine groups is 1. The van der Waals surface area contributed by atoms with Gasteiger partial charge in [-0.05, 0) is 6.42 Å². The van der Waals surface area contributed by atoms with Gasteiger partial charge >= 0.3 is 0 Å². The van der Waals surface area contributed by atoms with Crippen molar-refractivity contribution in [2.24, 2.45) is 10.7 Å². The van der Waals surface area contributed by atoms with Gasteiger partial charge in [0.15, 0.2) is 0 Å². The van der Waals surface area contributed by atoms with Crippen LogP contribution in [0.1, 0.15) is 12.8 Å². The second kappa shape index (κ2) is 4.08. The Labute approximate surface area is 76.4 Å². The molecule has 1 atom stereocenters. The zero-order valence-corrected chi connectivity index (χ0v) is 7.53. The number of guanidine groups is 1. The number of likely N-dealkylation sites (N-methyl/N-ethyl adjacent to an activating group) is 1. The Morgan fingerprint density at radius 2 is 2.54 bits per heavy atom. The fourth-order valence-corrected chi connectivity index (χ4v) is 1.32. The van der Waals surface area contributed by atoms with E-state index >= 15 is 0 Å². The number of hydrogen-bond donors (Lipinski definition) is 3. The van der Waals surface area contributed by atoms with Crippen LogP contribution in [0.2, 0.25) is 0 Å². The smallest absolute Gasteiger partial charge is 0.222 e. The summed E-state index contributed by atoms with van der Waals surface area (Å²) < 4.78 is 0. The Bertz CT molecular complexity index is 229. The van der Waals surface area contributed by atoms with Gasteiger partial charge in [-0.1, -0.05) is 0 Å². The van der Waals surface area contributed by atoms with Crippen LogP contribution in [0, 0.1) is 0 Å². The summed E-state index contributed by atoms with van der Waals surface area (Å²) in [5, 5.41) is 8.40. The molecule has 0 spiro atoms. The molecule has 1 aliphatic heterocycles. The van der Waals surface area contributed by atoms with Crippen molar-refractivity contribution in [1.82, 2.24) is 10.4 Å². The first-order valence-electron chi connectivity index (χ1n) is 4.11. The Balaban J connectivity index is 2.51. The van der Waals surface area contributed by atoms with Gasteiger partial charge in [-0.3, -0.25) is 10.0 Å². The molecule has 4 N–H and O–H groups in total. The van der Waals surface area contributed by atoms with Crippen molar-refractivity contribution in [3.05, 3.63) is 0 Å². The van der Waals surface area contributed by atoms with Crippen LogP contribution in [0.25, 0.3) is 0 Å². The minimum atomic E-state index is -0.0117. The summed E-state index contributed by atoms with van der Waals surface area (Å²) in [7, 11) is 1.73. The summed E-state index contributed by atoms with van der Waals surface area (Å²) in [6, 6.07) is -0.0117. The number of carbonyl (C=O) groups is 1. The molecular weight excluding hydrogens is 172 g/mol. The molecule has 1 amide bonds. The first-order chi connectivity index (χ1) is 6.13. The topological polar surface area (TPSA) is 90.9 Å². The highest BCUT2D eigenvalue weighted by Crippen LogP contribution is 2.12. The highest BCUT2D eigenvalue weighted by molar-refractivity contribution is 5.78. The monoisotopic (exact) mass is 186 g/mol. The number of nitrogens with one attached hydrogen (secondary N) is 1. The summed E-state index contributed by atoms with van der Waals surface area (Å²) in [5.41, 5.74) is 7.03. The highest BCUT2D eigenvalue weighted by atomic mass is 16.5. The molecule has 0 aromatic heterocycles. The van der Waals surface area contributed by atoms with E-state index in [0.717, 1.165) is 0 Å². The van der Waals surface area contributed by atoms with Gasteiger partial charge in [-0.15, -0.1) is 0 Å². The van der Waals surface area contributed by atoms with E-state index in [-0.39, 0.29) is 17.9 Å². The lowest BCUT2D eigenvalue weighted by Gasteiger charge is -2.27. The van der Waals surface area contributed by atoms with Crippen LogP contribution >= 0.6 is 0 Å². The number of piperidine rings is 1. The Morgan fingerprint density at radius 3 is 3.08 bits per heavy atom. The standard InChI is InChI=1S/C7H14N4O2/c1-11-4-5(2-3-6(11)12)9-7(8)10-13/h5,13H,2-4H2,1H3,(H3,8,9,10). The van der Waals surface area contributed by atoms with Crippen LogP contribution in [-0.2, 0) is 4.79 Å². The van der Waals surface area contributed by atoms with Gasteiger partial charge in [0.1, 0.15) is 0 Å². The van der Waals surface area contributed by atoms with E-state index in [1.807, 2.05) is 0 Å². The SMILES string of the molecule is CN1CC(N=C(N)NO)CCC1=O. The molecule has 1 saturated heterocycles. The second-order valence-corrected chi connectivity index (χ2v) is 3.09. The summed E-state index contributed by atoms with van der Waals surface area (Å²) in [6.07, 6.45) is 1.18. The van der Waals surface area contributed by atoms with Crippen molar-refractivity contribution in [1.29, 1.82) is 0 Å². The van der Waals surface area contributed by atoms with Gasteiger partial charge in [0, 0.05) is 20.0 Å². The number of hydrogen-bond acceptors (Lipinski definition) is 3. The maximum atomic E-state index is 11.1. The van der Waals surface area contributed by atoms with Gasteiger partial charge in [0.2, 0.25) is 11.9 Å². The molecule has 13 heavy (non-hydrogen) atoms. The summed E-state index contributed by atoms with van der Waals surface area (Å²) in [4.78, 5) is 16.7. The third-order valence-corrected chi connectivity index (χ3v) is 2.04. The molecule has 1 heterocycles. The second-order valence-electron chi connectivity index (χ2n) is 3.09. The molecule has 0 aliphatic carbocycles. The number of carbonyl (C=O) groups excluding carboxylic acids is 1.